The molecule has 2 heterocycles. The normalized spacial score (nSPS) is 10.3. The number of hydrogen-bond acceptors (Lipinski definition) is 7. The summed E-state index contributed by atoms with van der Waals surface area (Å²) in [6.07, 6.45) is 1.81. The molecule has 0 saturated carbocycles. The van der Waals surface area contributed by atoms with Gasteiger partial charge in [0.25, 0.3) is 0 Å². The van der Waals surface area contributed by atoms with E-state index in [4.69, 9.17) is 16.3 Å². The first-order valence-electron chi connectivity index (χ1n) is 4.78. The molecule has 2 aromatic rings. The van der Waals surface area contributed by atoms with E-state index in [-0.39, 0.29) is 11.3 Å². The van der Waals surface area contributed by atoms with Gasteiger partial charge in [-0.15, -0.1) is 11.3 Å². The summed E-state index contributed by atoms with van der Waals surface area (Å²) >= 11 is 7.33. The first-order chi connectivity index (χ1) is 8.17. The Morgan fingerprint density at radius 3 is 2.88 bits per heavy atom. The lowest BCUT2D eigenvalue weighted by Crippen LogP contribution is -2.05. The molecule has 0 atom stereocenters. The minimum atomic E-state index is 0.0971. The molecule has 0 spiro atoms. The van der Waals surface area contributed by atoms with Gasteiger partial charge in [-0.2, -0.15) is 15.0 Å². The van der Waals surface area contributed by atoms with Crippen LogP contribution in [0.3, 0.4) is 0 Å². The average Bonchev–Trinajstić information content (AvgIpc) is 2.72. The van der Waals surface area contributed by atoms with Gasteiger partial charge in [-0.3, -0.25) is 0 Å². The number of rotatable bonds is 4. The van der Waals surface area contributed by atoms with Gasteiger partial charge in [-0.05, 0) is 18.5 Å². The van der Waals surface area contributed by atoms with Crippen molar-refractivity contribution in [3.63, 3.8) is 0 Å². The number of aryl methyl sites for hydroxylation is 1. The third-order valence-electron chi connectivity index (χ3n) is 1.86. The zero-order valence-electron chi connectivity index (χ0n) is 9.27. The summed E-state index contributed by atoms with van der Waals surface area (Å²) in [6, 6.07) is 0.188. The predicted octanol–water partition coefficient (Wildman–Crippen LogP) is 1.91. The Morgan fingerprint density at radius 2 is 2.24 bits per heavy atom. The Kier molecular flexibility index (Phi) is 3.70. The van der Waals surface area contributed by atoms with E-state index < -0.39 is 0 Å². The van der Waals surface area contributed by atoms with Crippen molar-refractivity contribution in [2.24, 2.45) is 0 Å². The molecule has 2 aromatic heterocycles. The van der Waals surface area contributed by atoms with E-state index in [1.54, 1.807) is 11.3 Å². The largest absolute Gasteiger partial charge is 0.467 e. The van der Waals surface area contributed by atoms with Crippen LogP contribution < -0.4 is 10.1 Å². The molecule has 0 radical (unpaired) electrons. The first-order valence-corrected chi connectivity index (χ1v) is 5.97. The van der Waals surface area contributed by atoms with Crippen molar-refractivity contribution in [1.29, 1.82) is 0 Å². The van der Waals surface area contributed by atoms with E-state index in [1.807, 2.05) is 13.1 Å². The number of nitrogens with one attached hydrogen (secondary N) is 1. The van der Waals surface area contributed by atoms with E-state index in [1.165, 1.54) is 7.11 Å². The molecule has 0 bridgehead atoms. The Hall–Kier alpha value is -1.47. The molecule has 0 aromatic carbocycles. The van der Waals surface area contributed by atoms with Gasteiger partial charge in [-0.1, -0.05) is 0 Å². The summed E-state index contributed by atoms with van der Waals surface area (Å²) in [6.45, 7) is 2.55. The number of ether oxygens (including phenoxy) is 1. The van der Waals surface area contributed by atoms with Crippen LogP contribution in [0.25, 0.3) is 0 Å². The van der Waals surface area contributed by atoms with Crippen molar-refractivity contribution in [3.05, 3.63) is 21.4 Å². The highest BCUT2D eigenvalue weighted by atomic mass is 35.5. The molecule has 0 fully saturated rings. The van der Waals surface area contributed by atoms with Gasteiger partial charge < -0.3 is 10.1 Å². The summed E-state index contributed by atoms with van der Waals surface area (Å²) < 4.78 is 4.90. The third kappa shape index (κ3) is 3.24. The molecule has 1 N–H and O–H groups in total. The molecular formula is C9H10ClN5OS. The summed E-state index contributed by atoms with van der Waals surface area (Å²) in [7, 11) is 1.47. The zero-order chi connectivity index (χ0) is 12.3. The van der Waals surface area contributed by atoms with Gasteiger partial charge in [-0.25, -0.2) is 4.98 Å². The van der Waals surface area contributed by atoms with Crippen LogP contribution in [0.2, 0.25) is 5.28 Å². The molecule has 90 valence electrons. The lowest BCUT2D eigenvalue weighted by Gasteiger charge is -2.04. The smallest absolute Gasteiger partial charge is 0.322 e. The highest BCUT2D eigenvalue weighted by molar-refractivity contribution is 7.11. The van der Waals surface area contributed by atoms with Crippen molar-refractivity contribution in [2.45, 2.75) is 13.5 Å². The molecule has 0 amide bonds. The molecule has 0 unspecified atom stereocenters. The summed E-state index contributed by atoms with van der Waals surface area (Å²) in [4.78, 5) is 17.0. The molecule has 17 heavy (non-hydrogen) atoms. The number of halogens is 1. The second kappa shape index (κ2) is 5.24. The molecule has 0 aliphatic heterocycles. The van der Waals surface area contributed by atoms with E-state index >= 15 is 0 Å². The summed E-state index contributed by atoms with van der Waals surface area (Å²) in [5.41, 5.74) is 0. The fourth-order valence-electron chi connectivity index (χ4n) is 1.16. The fourth-order valence-corrected chi connectivity index (χ4v) is 2.04. The number of hydrogen-bond donors (Lipinski definition) is 1. The number of aromatic nitrogens is 4. The van der Waals surface area contributed by atoms with Gasteiger partial charge in [0.05, 0.1) is 18.7 Å². The number of nitrogens with zero attached hydrogens (tertiary/aromatic N) is 4. The second-order valence-corrected chi connectivity index (χ2v) is 4.77. The Morgan fingerprint density at radius 1 is 1.41 bits per heavy atom. The Bertz CT molecular complexity index is 518. The highest BCUT2D eigenvalue weighted by Gasteiger charge is 2.05. The monoisotopic (exact) mass is 271 g/mol. The van der Waals surface area contributed by atoms with Crippen LogP contribution in [0, 0.1) is 6.92 Å². The van der Waals surface area contributed by atoms with Crippen LogP contribution in [-0.2, 0) is 6.54 Å². The minimum absolute atomic E-state index is 0.0971. The molecule has 8 heteroatoms. The van der Waals surface area contributed by atoms with Gasteiger partial charge in [0.1, 0.15) is 0 Å². The Labute approximate surface area is 107 Å². The van der Waals surface area contributed by atoms with E-state index in [9.17, 15) is 0 Å². The van der Waals surface area contributed by atoms with Crippen LogP contribution in [0.15, 0.2) is 6.20 Å². The standard InChI is InChI=1S/C9H10ClN5OS/c1-5-11-3-6(17-5)4-12-8-13-7(10)14-9(15-8)16-2/h3H,4H2,1-2H3,(H,12,13,14,15). The summed E-state index contributed by atoms with van der Waals surface area (Å²) in [5.74, 6) is 0.382. The van der Waals surface area contributed by atoms with Crippen LogP contribution in [0.4, 0.5) is 5.95 Å². The predicted molar refractivity (Wildman–Crippen MR) is 65.6 cm³/mol. The van der Waals surface area contributed by atoms with Gasteiger partial charge in [0.15, 0.2) is 0 Å². The molecule has 0 aliphatic rings. The van der Waals surface area contributed by atoms with Crippen molar-refractivity contribution >= 4 is 28.9 Å². The van der Waals surface area contributed by atoms with Crippen LogP contribution in [0.5, 0.6) is 6.01 Å². The Balaban J connectivity index is 2.05. The molecular weight excluding hydrogens is 262 g/mol. The van der Waals surface area contributed by atoms with Gasteiger partial charge in [0.2, 0.25) is 11.2 Å². The number of methoxy groups -OCH3 is 1. The van der Waals surface area contributed by atoms with Crippen molar-refractivity contribution in [3.8, 4) is 6.01 Å². The van der Waals surface area contributed by atoms with Crippen molar-refractivity contribution in [2.75, 3.05) is 12.4 Å². The fraction of sp³-hybridized carbons (Fsp3) is 0.333. The molecule has 0 aliphatic carbocycles. The maximum absolute atomic E-state index is 5.72. The lowest BCUT2D eigenvalue weighted by atomic mass is 10.5. The SMILES string of the molecule is COc1nc(Cl)nc(NCc2cnc(C)s2)n1. The zero-order valence-corrected chi connectivity index (χ0v) is 10.8. The third-order valence-corrected chi connectivity index (χ3v) is 2.94. The number of anilines is 1. The van der Waals surface area contributed by atoms with Gasteiger partial charge in [0, 0.05) is 11.1 Å². The maximum atomic E-state index is 5.72. The van der Waals surface area contributed by atoms with Gasteiger partial charge >= 0.3 is 6.01 Å². The molecule has 0 saturated heterocycles. The minimum Gasteiger partial charge on any atom is -0.467 e. The molecule has 2 rings (SSSR count). The highest BCUT2D eigenvalue weighted by Crippen LogP contribution is 2.15. The second-order valence-electron chi connectivity index (χ2n) is 3.11. The van der Waals surface area contributed by atoms with E-state index in [0.29, 0.717) is 12.5 Å². The summed E-state index contributed by atoms with van der Waals surface area (Å²) in [5, 5.41) is 4.15. The number of thiazole rings is 1. The van der Waals surface area contributed by atoms with Crippen LogP contribution >= 0.6 is 22.9 Å². The van der Waals surface area contributed by atoms with Crippen molar-refractivity contribution < 1.29 is 4.74 Å². The maximum Gasteiger partial charge on any atom is 0.322 e. The quantitative estimate of drug-likeness (QED) is 0.916. The van der Waals surface area contributed by atoms with E-state index in [0.717, 1.165) is 9.88 Å². The first kappa shape index (κ1) is 12.0. The van der Waals surface area contributed by atoms with Crippen molar-refractivity contribution in [1.82, 2.24) is 19.9 Å². The molecule has 6 nitrogen and oxygen atoms in total. The topological polar surface area (TPSA) is 72.8 Å². The average molecular weight is 272 g/mol. The lowest BCUT2D eigenvalue weighted by molar-refractivity contribution is 0.379. The van der Waals surface area contributed by atoms with Crippen LogP contribution in [-0.4, -0.2) is 27.0 Å². The van der Waals surface area contributed by atoms with Crippen LogP contribution in [0.1, 0.15) is 9.88 Å². The van der Waals surface area contributed by atoms with E-state index in [2.05, 4.69) is 25.3 Å².